The second kappa shape index (κ2) is 5.53. The van der Waals surface area contributed by atoms with E-state index in [0.29, 0.717) is 5.56 Å². The standard InChI is InChI=1S/C13H14N2O4/c16-11(13(18)19)5-6-14-12(17)9-7-15-10-4-2-1-3-8(9)10/h1-4,7,11,15-16H,5-6H2,(H,14,17)(H,18,19)/t11-/m0/s1. The minimum Gasteiger partial charge on any atom is -0.479 e. The first-order chi connectivity index (χ1) is 9.09. The maximum Gasteiger partial charge on any atom is 0.332 e. The van der Waals surface area contributed by atoms with Crippen LogP contribution in [0.2, 0.25) is 0 Å². The molecular formula is C13H14N2O4. The summed E-state index contributed by atoms with van der Waals surface area (Å²) >= 11 is 0. The lowest BCUT2D eigenvalue weighted by Crippen LogP contribution is -2.29. The summed E-state index contributed by atoms with van der Waals surface area (Å²) in [7, 11) is 0. The van der Waals surface area contributed by atoms with Gasteiger partial charge in [-0.3, -0.25) is 4.79 Å². The van der Waals surface area contributed by atoms with E-state index in [9.17, 15) is 9.59 Å². The first-order valence-electron chi connectivity index (χ1n) is 5.85. The van der Waals surface area contributed by atoms with Gasteiger partial charge in [0.25, 0.3) is 5.91 Å². The number of aliphatic hydroxyl groups excluding tert-OH is 1. The Morgan fingerprint density at radius 2 is 2.05 bits per heavy atom. The van der Waals surface area contributed by atoms with Crippen LogP contribution >= 0.6 is 0 Å². The highest BCUT2D eigenvalue weighted by Crippen LogP contribution is 2.17. The molecule has 100 valence electrons. The molecule has 0 aliphatic rings. The number of rotatable bonds is 5. The van der Waals surface area contributed by atoms with Crippen LogP contribution in [0.4, 0.5) is 0 Å². The number of fused-ring (bicyclic) bond motifs is 1. The van der Waals surface area contributed by atoms with Crippen molar-refractivity contribution >= 4 is 22.8 Å². The molecule has 0 fully saturated rings. The van der Waals surface area contributed by atoms with Gasteiger partial charge in [-0.1, -0.05) is 18.2 Å². The second-order valence-electron chi connectivity index (χ2n) is 4.15. The van der Waals surface area contributed by atoms with E-state index in [2.05, 4.69) is 10.3 Å². The van der Waals surface area contributed by atoms with Crippen LogP contribution < -0.4 is 5.32 Å². The van der Waals surface area contributed by atoms with Gasteiger partial charge < -0.3 is 20.5 Å². The van der Waals surface area contributed by atoms with Crippen LogP contribution in [0.5, 0.6) is 0 Å². The van der Waals surface area contributed by atoms with Gasteiger partial charge in [0.2, 0.25) is 0 Å². The fourth-order valence-electron chi connectivity index (χ4n) is 1.80. The molecule has 0 saturated carbocycles. The number of hydrogen-bond acceptors (Lipinski definition) is 3. The van der Waals surface area contributed by atoms with Crippen LogP contribution in [0.1, 0.15) is 16.8 Å². The second-order valence-corrected chi connectivity index (χ2v) is 4.15. The quantitative estimate of drug-likeness (QED) is 0.638. The highest BCUT2D eigenvalue weighted by molar-refractivity contribution is 6.06. The van der Waals surface area contributed by atoms with Crippen molar-refractivity contribution in [3.05, 3.63) is 36.0 Å². The van der Waals surface area contributed by atoms with Crippen molar-refractivity contribution in [2.75, 3.05) is 6.54 Å². The van der Waals surface area contributed by atoms with E-state index in [1.807, 2.05) is 24.3 Å². The Bertz CT molecular complexity index is 605. The van der Waals surface area contributed by atoms with Crippen molar-refractivity contribution in [3.8, 4) is 0 Å². The first-order valence-corrected chi connectivity index (χ1v) is 5.85. The maximum atomic E-state index is 11.9. The fraction of sp³-hybridized carbons (Fsp3) is 0.231. The van der Waals surface area contributed by atoms with Crippen LogP contribution in [0.15, 0.2) is 30.5 Å². The van der Waals surface area contributed by atoms with E-state index >= 15 is 0 Å². The Kier molecular flexibility index (Phi) is 3.82. The lowest BCUT2D eigenvalue weighted by Gasteiger charge is -2.06. The van der Waals surface area contributed by atoms with Crippen molar-refractivity contribution in [2.45, 2.75) is 12.5 Å². The zero-order chi connectivity index (χ0) is 13.8. The third kappa shape index (κ3) is 2.92. The van der Waals surface area contributed by atoms with Gasteiger partial charge in [0.1, 0.15) is 0 Å². The van der Waals surface area contributed by atoms with Crippen LogP contribution in [0.25, 0.3) is 10.9 Å². The number of hydrogen-bond donors (Lipinski definition) is 4. The number of nitrogens with one attached hydrogen (secondary N) is 2. The molecular weight excluding hydrogens is 248 g/mol. The van der Waals surface area contributed by atoms with Gasteiger partial charge in [-0.2, -0.15) is 0 Å². The number of aliphatic hydroxyl groups is 1. The van der Waals surface area contributed by atoms with Crippen LogP contribution in [0.3, 0.4) is 0 Å². The topological polar surface area (TPSA) is 102 Å². The average molecular weight is 262 g/mol. The Balaban J connectivity index is 1.99. The van der Waals surface area contributed by atoms with Crippen LogP contribution in [0, 0.1) is 0 Å². The van der Waals surface area contributed by atoms with Crippen LogP contribution in [-0.2, 0) is 4.79 Å². The smallest absolute Gasteiger partial charge is 0.332 e. The Hall–Kier alpha value is -2.34. The summed E-state index contributed by atoms with van der Waals surface area (Å²) in [6, 6.07) is 7.39. The van der Waals surface area contributed by atoms with Crippen molar-refractivity contribution in [1.29, 1.82) is 0 Å². The van der Waals surface area contributed by atoms with Crippen molar-refractivity contribution in [1.82, 2.24) is 10.3 Å². The first kappa shape index (κ1) is 13.1. The zero-order valence-corrected chi connectivity index (χ0v) is 10.1. The number of aromatic amines is 1. The van der Waals surface area contributed by atoms with Crippen LogP contribution in [-0.4, -0.2) is 39.7 Å². The normalized spacial score (nSPS) is 12.3. The molecule has 0 radical (unpaired) electrons. The van der Waals surface area contributed by atoms with Crippen molar-refractivity contribution in [2.24, 2.45) is 0 Å². The highest BCUT2D eigenvalue weighted by Gasteiger charge is 2.15. The average Bonchev–Trinajstić information content (AvgIpc) is 2.82. The molecule has 2 aromatic rings. The lowest BCUT2D eigenvalue weighted by atomic mass is 10.1. The minimum atomic E-state index is -1.46. The predicted molar refractivity (Wildman–Crippen MR) is 68.9 cm³/mol. The van der Waals surface area contributed by atoms with Gasteiger partial charge in [0, 0.05) is 30.1 Å². The van der Waals surface area contributed by atoms with E-state index in [0.717, 1.165) is 10.9 Å². The van der Waals surface area contributed by atoms with Gasteiger partial charge in [-0.05, 0) is 6.07 Å². The van der Waals surface area contributed by atoms with Crippen molar-refractivity contribution in [3.63, 3.8) is 0 Å². The number of carboxylic acid groups (broad SMARTS) is 1. The summed E-state index contributed by atoms with van der Waals surface area (Å²) in [5.74, 6) is -1.59. The Morgan fingerprint density at radius 1 is 1.32 bits per heavy atom. The van der Waals surface area contributed by atoms with E-state index < -0.39 is 12.1 Å². The number of H-pyrrole nitrogens is 1. The molecule has 19 heavy (non-hydrogen) atoms. The summed E-state index contributed by atoms with van der Waals surface area (Å²) in [4.78, 5) is 25.3. The largest absolute Gasteiger partial charge is 0.479 e. The van der Waals surface area contributed by atoms with Gasteiger partial charge in [0.15, 0.2) is 6.10 Å². The monoisotopic (exact) mass is 262 g/mol. The fourth-order valence-corrected chi connectivity index (χ4v) is 1.80. The van der Waals surface area contributed by atoms with E-state index in [1.54, 1.807) is 6.20 Å². The molecule has 1 aromatic heterocycles. The molecule has 0 unspecified atom stereocenters. The summed E-state index contributed by atoms with van der Waals surface area (Å²) < 4.78 is 0. The molecule has 1 heterocycles. The summed E-state index contributed by atoms with van der Waals surface area (Å²) in [5, 5.41) is 21.0. The molecule has 4 N–H and O–H groups in total. The molecule has 0 spiro atoms. The zero-order valence-electron chi connectivity index (χ0n) is 10.1. The number of para-hydroxylation sites is 1. The van der Waals surface area contributed by atoms with E-state index in [4.69, 9.17) is 10.2 Å². The predicted octanol–water partition coefficient (Wildman–Crippen LogP) is 0.733. The molecule has 0 aliphatic carbocycles. The van der Waals surface area contributed by atoms with Gasteiger partial charge in [0.05, 0.1) is 5.56 Å². The molecule has 6 nitrogen and oxygen atoms in total. The molecule has 6 heteroatoms. The Morgan fingerprint density at radius 3 is 2.79 bits per heavy atom. The molecule has 1 atom stereocenters. The summed E-state index contributed by atoms with van der Waals surface area (Å²) in [6.07, 6.45) is 0.125. The number of carbonyl (C=O) groups excluding carboxylic acids is 1. The number of carboxylic acids is 1. The van der Waals surface area contributed by atoms with E-state index in [1.165, 1.54) is 0 Å². The third-order valence-electron chi connectivity index (χ3n) is 2.82. The number of benzene rings is 1. The SMILES string of the molecule is O=C(NCC[C@H](O)C(=O)O)c1c[nH]c2ccccc12. The van der Waals surface area contributed by atoms with Gasteiger partial charge in [-0.25, -0.2) is 4.79 Å². The third-order valence-corrected chi connectivity index (χ3v) is 2.82. The molecule has 0 aliphatic heterocycles. The Labute approximate surface area is 109 Å². The number of amides is 1. The maximum absolute atomic E-state index is 11.9. The minimum absolute atomic E-state index is 0.0244. The van der Waals surface area contributed by atoms with Gasteiger partial charge >= 0.3 is 5.97 Å². The summed E-state index contributed by atoms with van der Waals surface area (Å²) in [6.45, 7) is 0.103. The molecule has 0 bridgehead atoms. The number of aromatic nitrogens is 1. The molecule has 1 amide bonds. The summed E-state index contributed by atoms with van der Waals surface area (Å²) in [5.41, 5.74) is 1.36. The van der Waals surface area contributed by atoms with Crippen molar-refractivity contribution < 1.29 is 19.8 Å². The van der Waals surface area contributed by atoms with Gasteiger partial charge in [-0.15, -0.1) is 0 Å². The molecule has 1 aromatic carbocycles. The number of carbonyl (C=O) groups is 2. The number of aliphatic carboxylic acids is 1. The lowest BCUT2D eigenvalue weighted by molar-refractivity contribution is -0.146. The highest BCUT2D eigenvalue weighted by atomic mass is 16.4. The molecule has 0 saturated heterocycles. The molecule has 2 rings (SSSR count). The van der Waals surface area contributed by atoms with E-state index in [-0.39, 0.29) is 18.9 Å².